The maximum atomic E-state index is 12.1. The number of fused-ring (bicyclic) bond motifs is 1. The molecule has 0 aromatic heterocycles. The van der Waals surface area contributed by atoms with Gasteiger partial charge in [-0.2, -0.15) is 0 Å². The van der Waals surface area contributed by atoms with E-state index in [-0.39, 0.29) is 17.5 Å². The lowest BCUT2D eigenvalue weighted by Crippen LogP contribution is -2.29. The van der Waals surface area contributed by atoms with Gasteiger partial charge in [-0.25, -0.2) is 4.79 Å². The summed E-state index contributed by atoms with van der Waals surface area (Å²) in [5.74, 6) is -0.0561. The van der Waals surface area contributed by atoms with Crippen molar-refractivity contribution in [3.8, 4) is 0 Å². The Kier molecular flexibility index (Phi) is 4.66. The number of carbonyl (C=O) groups is 2. The lowest BCUT2D eigenvalue weighted by atomic mass is 9.94. The molecule has 4 heteroatoms. The average Bonchev–Trinajstić information content (AvgIpc) is 2.80. The largest absolute Gasteiger partial charge is 0.478 e. The van der Waals surface area contributed by atoms with Crippen LogP contribution in [-0.4, -0.2) is 17.0 Å². The normalized spacial score (nSPS) is 18.4. The summed E-state index contributed by atoms with van der Waals surface area (Å²) in [7, 11) is 0. The fraction of sp³-hybridized carbons (Fsp3) is 0.529. The van der Waals surface area contributed by atoms with E-state index in [0.717, 1.165) is 24.0 Å². The van der Waals surface area contributed by atoms with E-state index < -0.39 is 5.97 Å². The molecule has 0 bridgehead atoms. The van der Waals surface area contributed by atoms with Crippen LogP contribution in [-0.2, 0) is 11.2 Å². The second kappa shape index (κ2) is 6.29. The van der Waals surface area contributed by atoms with Gasteiger partial charge in [0.15, 0.2) is 0 Å². The number of rotatable bonds is 5. The van der Waals surface area contributed by atoms with Crippen molar-refractivity contribution >= 4 is 11.9 Å². The summed E-state index contributed by atoms with van der Waals surface area (Å²) in [6, 6.07) is 5.14. The van der Waals surface area contributed by atoms with Gasteiger partial charge in [-0.3, -0.25) is 4.79 Å². The van der Waals surface area contributed by atoms with Crippen LogP contribution in [0.15, 0.2) is 18.2 Å². The molecule has 0 saturated carbocycles. The highest BCUT2D eigenvalue weighted by atomic mass is 16.4. The molecular weight excluding hydrogens is 266 g/mol. The average molecular weight is 289 g/mol. The Balaban J connectivity index is 2.06. The summed E-state index contributed by atoms with van der Waals surface area (Å²) in [6.45, 7) is 6.30. The molecule has 2 atom stereocenters. The van der Waals surface area contributed by atoms with Crippen LogP contribution in [0.5, 0.6) is 0 Å². The topological polar surface area (TPSA) is 66.4 Å². The fourth-order valence-corrected chi connectivity index (χ4v) is 2.67. The molecule has 0 spiro atoms. The molecule has 1 amide bonds. The van der Waals surface area contributed by atoms with Gasteiger partial charge in [0.25, 0.3) is 0 Å². The van der Waals surface area contributed by atoms with Gasteiger partial charge in [0.2, 0.25) is 5.91 Å². The van der Waals surface area contributed by atoms with E-state index in [1.54, 1.807) is 12.1 Å². The van der Waals surface area contributed by atoms with Gasteiger partial charge in [-0.05, 0) is 47.9 Å². The standard InChI is InChI=1S/C17H23NO3/c1-10(2)11(3)8-16(19)18-15-7-6-12-4-5-13(17(20)21)9-14(12)15/h4-5,9-11,15H,6-8H2,1-3H3,(H,18,19)(H,20,21). The Bertz CT molecular complexity index is 551. The van der Waals surface area contributed by atoms with Gasteiger partial charge in [-0.1, -0.05) is 26.8 Å². The molecule has 0 aliphatic heterocycles. The van der Waals surface area contributed by atoms with Gasteiger partial charge < -0.3 is 10.4 Å². The molecule has 0 heterocycles. The summed E-state index contributed by atoms with van der Waals surface area (Å²) < 4.78 is 0. The predicted octanol–water partition coefficient (Wildman–Crippen LogP) is 3.17. The van der Waals surface area contributed by atoms with Crippen molar-refractivity contribution < 1.29 is 14.7 Å². The molecule has 2 rings (SSSR count). The van der Waals surface area contributed by atoms with Crippen molar-refractivity contribution in [2.24, 2.45) is 11.8 Å². The van der Waals surface area contributed by atoms with E-state index in [1.165, 1.54) is 0 Å². The second-order valence-corrected chi connectivity index (χ2v) is 6.30. The lowest BCUT2D eigenvalue weighted by molar-refractivity contribution is -0.123. The Morgan fingerprint density at radius 1 is 1.33 bits per heavy atom. The highest BCUT2D eigenvalue weighted by Gasteiger charge is 2.25. The third kappa shape index (κ3) is 3.63. The van der Waals surface area contributed by atoms with Gasteiger partial charge >= 0.3 is 5.97 Å². The number of carbonyl (C=O) groups excluding carboxylic acids is 1. The van der Waals surface area contributed by atoms with Crippen LogP contribution in [0.2, 0.25) is 0 Å². The van der Waals surface area contributed by atoms with Gasteiger partial charge in [-0.15, -0.1) is 0 Å². The molecule has 1 aliphatic rings. The minimum Gasteiger partial charge on any atom is -0.478 e. The van der Waals surface area contributed by atoms with Gasteiger partial charge in [0.1, 0.15) is 0 Å². The van der Waals surface area contributed by atoms with Crippen LogP contribution in [0.4, 0.5) is 0 Å². The predicted molar refractivity (Wildman–Crippen MR) is 81.2 cm³/mol. The van der Waals surface area contributed by atoms with E-state index in [4.69, 9.17) is 5.11 Å². The molecule has 2 unspecified atom stereocenters. The number of carboxylic acid groups (broad SMARTS) is 1. The first kappa shape index (κ1) is 15.5. The highest BCUT2D eigenvalue weighted by Crippen LogP contribution is 2.32. The number of benzene rings is 1. The molecule has 2 N–H and O–H groups in total. The van der Waals surface area contributed by atoms with E-state index in [1.807, 2.05) is 6.07 Å². The minimum atomic E-state index is -0.928. The number of amides is 1. The summed E-state index contributed by atoms with van der Waals surface area (Å²) in [4.78, 5) is 23.2. The van der Waals surface area contributed by atoms with Crippen molar-refractivity contribution in [2.45, 2.75) is 46.1 Å². The van der Waals surface area contributed by atoms with Crippen molar-refractivity contribution in [3.05, 3.63) is 34.9 Å². The van der Waals surface area contributed by atoms with E-state index >= 15 is 0 Å². The van der Waals surface area contributed by atoms with Crippen LogP contribution < -0.4 is 5.32 Å². The number of hydrogen-bond donors (Lipinski definition) is 2. The summed E-state index contributed by atoms with van der Waals surface area (Å²) in [6.07, 6.45) is 2.25. The van der Waals surface area contributed by atoms with Crippen LogP contribution in [0.25, 0.3) is 0 Å². The Morgan fingerprint density at radius 2 is 2.05 bits per heavy atom. The third-order valence-electron chi connectivity index (χ3n) is 4.45. The number of carboxylic acids is 1. The number of aryl methyl sites for hydroxylation is 1. The van der Waals surface area contributed by atoms with Crippen LogP contribution in [0, 0.1) is 11.8 Å². The molecule has 1 aliphatic carbocycles. The van der Waals surface area contributed by atoms with Crippen molar-refractivity contribution in [2.75, 3.05) is 0 Å². The molecule has 114 valence electrons. The van der Waals surface area contributed by atoms with E-state index in [0.29, 0.717) is 18.3 Å². The maximum absolute atomic E-state index is 12.1. The third-order valence-corrected chi connectivity index (χ3v) is 4.45. The smallest absolute Gasteiger partial charge is 0.335 e. The fourth-order valence-electron chi connectivity index (χ4n) is 2.67. The summed E-state index contributed by atoms with van der Waals surface area (Å²) in [5, 5.41) is 12.1. The second-order valence-electron chi connectivity index (χ2n) is 6.30. The zero-order valence-corrected chi connectivity index (χ0v) is 12.8. The zero-order valence-electron chi connectivity index (χ0n) is 12.8. The van der Waals surface area contributed by atoms with E-state index in [9.17, 15) is 9.59 Å². The van der Waals surface area contributed by atoms with Crippen molar-refractivity contribution in [1.29, 1.82) is 0 Å². The first-order valence-corrected chi connectivity index (χ1v) is 7.54. The Morgan fingerprint density at radius 3 is 2.67 bits per heavy atom. The molecule has 0 radical (unpaired) electrons. The molecule has 1 aromatic rings. The van der Waals surface area contributed by atoms with Crippen LogP contribution in [0.3, 0.4) is 0 Å². The Labute approximate surface area is 125 Å². The number of aromatic carboxylic acids is 1. The minimum absolute atomic E-state index is 0.0498. The molecule has 0 saturated heterocycles. The number of nitrogens with one attached hydrogen (secondary N) is 1. The molecule has 0 fully saturated rings. The van der Waals surface area contributed by atoms with Crippen LogP contribution in [0.1, 0.15) is 61.1 Å². The van der Waals surface area contributed by atoms with Gasteiger partial charge in [0, 0.05) is 6.42 Å². The zero-order chi connectivity index (χ0) is 15.6. The quantitative estimate of drug-likeness (QED) is 0.875. The molecule has 21 heavy (non-hydrogen) atoms. The van der Waals surface area contributed by atoms with Crippen molar-refractivity contribution in [3.63, 3.8) is 0 Å². The molecular formula is C17H23NO3. The van der Waals surface area contributed by atoms with Crippen LogP contribution >= 0.6 is 0 Å². The highest BCUT2D eigenvalue weighted by molar-refractivity contribution is 5.88. The first-order chi connectivity index (χ1) is 9.88. The van der Waals surface area contributed by atoms with E-state index in [2.05, 4.69) is 26.1 Å². The monoisotopic (exact) mass is 289 g/mol. The van der Waals surface area contributed by atoms with Gasteiger partial charge in [0.05, 0.1) is 11.6 Å². The SMILES string of the molecule is CC(C)C(C)CC(=O)NC1CCc2ccc(C(=O)O)cc21. The van der Waals surface area contributed by atoms with Crippen molar-refractivity contribution in [1.82, 2.24) is 5.32 Å². The number of hydrogen-bond acceptors (Lipinski definition) is 2. The lowest BCUT2D eigenvalue weighted by Gasteiger charge is -2.18. The Hall–Kier alpha value is -1.84. The summed E-state index contributed by atoms with van der Waals surface area (Å²) >= 11 is 0. The first-order valence-electron chi connectivity index (χ1n) is 7.54. The molecule has 1 aromatic carbocycles. The molecule has 4 nitrogen and oxygen atoms in total. The maximum Gasteiger partial charge on any atom is 0.335 e. The summed E-state index contributed by atoms with van der Waals surface area (Å²) in [5.41, 5.74) is 2.38.